The van der Waals surface area contributed by atoms with E-state index >= 15 is 0 Å². The second kappa shape index (κ2) is 6.36. The minimum Gasteiger partial charge on any atom is -0.491 e. The zero-order chi connectivity index (χ0) is 14.5. The fraction of sp³-hybridized carbons (Fsp3) is 0.250. The summed E-state index contributed by atoms with van der Waals surface area (Å²) in [4.78, 5) is 4.35. The Bertz CT molecular complexity index is 665. The number of thiazole rings is 1. The lowest BCUT2D eigenvalue weighted by Crippen LogP contribution is -2.05. The lowest BCUT2D eigenvalue weighted by atomic mass is 10.1. The van der Waals surface area contributed by atoms with Crippen LogP contribution >= 0.6 is 11.3 Å². The van der Waals surface area contributed by atoms with E-state index < -0.39 is 0 Å². The first-order chi connectivity index (χ1) is 9.58. The first kappa shape index (κ1) is 14.3. The molecule has 0 atom stereocenters. The Morgan fingerprint density at radius 3 is 2.85 bits per heavy atom. The molecule has 2 aromatic rings. The monoisotopic (exact) mass is 284 g/mol. The fourth-order valence-electron chi connectivity index (χ4n) is 1.74. The minimum absolute atomic E-state index is 0.131. The standard InChI is InChI=1S/C16H16N2OS/c1-11(2)19-15-6-4-5-13(8-15)7-14(9-17)16-18-12(3)10-20-16/h4-8,10-11H,1-3H3/b14-7-. The van der Waals surface area contributed by atoms with Crippen LogP contribution < -0.4 is 4.74 Å². The minimum atomic E-state index is 0.131. The number of hydrogen-bond acceptors (Lipinski definition) is 4. The van der Waals surface area contributed by atoms with Gasteiger partial charge in [0.25, 0.3) is 0 Å². The third-order valence-electron chi connectivity index (χ3n) is 2.51. The molecular weight excluding hydrogens is 268 g/mol. The number of hydrogen-bond donors (Lipinski definition) is 0. The molecule has 0 aliphatic heterocycles. The molecule has 1 aromatic heterocycles. The van der Waals surface area contributed by atoms with Gasteiger partial charge in [0.05, 0.1) is 11.7 Å². The third kappa shape index (κ3) is 3.69. The Hall–Kier alpha value is -2.12. The molecule has 20 heavy (non-hydrogen) atoms. The smallest absolute Gasteiger partial charge is 0.134 e. The molecule has 4 heteroatoms. The van der Waals surface area contributed by atoms with Crippen molar-refractivity contribution in [2.24, 2.45) is 0 Å². The maximum Gasteiger partial charge on any atom is 0.134 e. The van der Waals surface area contributed by atoms with Crippen LogP contribution in [-0.2, 0) is 0 Å². The van der Waals surface area contributed by atoms with E-state index in [1.54, 1.807) is 0 Å². The fourth-order valence-corrected chi connectivity index (χ4v) is 2.50. The number of aryl methyl sites for hydroxylation is 1. The van der Waals surface area contributed by atoms with Crippen LogP contribution in [0.5, 0.6) is 5.75 Å². The molecule has 102 valence electrons. The van der Waals surface area contributed by atoms with Crippen LogP contribution in [0.4, 0.5) is 0 Å². The summed E-state index contributed by atoms with van der Waals surface area (Å²) in [7, 11) is 0. The van der Waals surface area contributed by atoms with Crippen molar-refractivity contribution in [3.63, 3.8) is 0 Å². The number of allylic oxidation sites excluding steroid dienone is 1. The molecular formula is C16H16N2OS. The molecule has 0 aliphatic carbocycles. The maximum atomic E-state index is 9.28. The van der Waals surface area contributed by atoms with Crippen LogP contribution in [0.2, 0.25) is 0 Å². The third-order valence-corrected chi connectivity index (χ3v) is 3.50. The van der Waals surface area contributed by atoms with Crippen molar-refractivity contribution in [2.45, 2.75) is 26.9 Å². The van der Waals surface area contributed by atoms with Gasteiger partial charge >= 0.3 is 0 Å². The van der Waals surface area contributed by atoms with Gasteiger partial charge in [0.1, 0.15) is 16.8 Å². The summed E-state index contributed by atoms with van der Waals surface area (Å²) in [6.07, 6.45) is 1.97. The second-order valence-electron chi connectivity index (χ2n) is 4.70. The van der Waals surface area contributed by atoms with Gasteiger partial charge in [-0.25, -0.2) is 4.98 Å². The summed E-state index contributed by atoms with van der Waals surface area (Å²) in [5.41, 5.74) is 2.44. The maximum absolute atomic E-state index is 9.28. The topological polar surface area (TPSA) is 45.9 Å². The molecule has 0 N–H and O–H groups in total. The zero-order valence-corrected chi connectivity index (χ0v) is 12.6. The highest BCUT2D eigenvalue weighted by Gasteiger charge is 2.06. The Labute approximate surface area is 123 Å². The van der Waals surface area contributed by atoms with Crippen molar-refractivity contribution in [3.8, 4) is 11.8 Å². The van der Waals surface area contributed by atoms with Crippen molar-refractivity contribution in [2.75, 3.05) is 0 Å². The molecule has 0 saturated heterocycles. The number of benzene rings is 1. The summed E-state index contributed by atoms with van der Waals surface area (Å²) < 4.78 is 5.65. The Kier molecular flexibility index (Phi) is 4.54. The van der Waals surface area contributed by atoms with Gasteiger partial charge < -0.3 is 4.74 Å². The van der Waals surface area contributed by atoms with E-state index in [4.69, 9.17) is 4.74 Å². The summed E-state index contributed by atoms with van der Waals surface area (Å²) >= 11 is 1.48. The number of nitrogens with zero attached hydrogens (tertiary/aromatic N) is 2. The Morgan fingerprint density at radius 2 is 2.25 bits per heavy atom. The van der Waals surface area contributed by atoms with Crippen LogP contribution in [-0.4, -0.2) is 11.1 Å². The number of nitriles is 1. The van der Waals surface area contributed by atoms with Gasteiger partial charge in [-0.05, 0) is 44.5 Å². The molecule has 2 rings (SSSR count). The largest absolute Gasteiger partial charge is 0.491 e. The molecule has 0 radical (unpaired) electrons. The van der Waals surface area contributed by atoms with Crippen LogP contribution in [0.1, 0.15) is 30.1 Å². The number of ether oxygens (including phenoxy) is 1. The van der Waals surface area contributed by atoms with Gasteiger partial charge in [-0.1, -0.05) is 12.1 Å². The predicted octanol–water partition coefficient (Wildman–Crippen LogP) is 4.30. The Balaban J connectivity index is 2.31. The van der Waals surface area contributed by atoms with E-state index in [0.717, 1.165) is 22.0 Å². The lowest BCUT2D eigenvalue weighted by Gasteiger charge is -2.09. The van der Waals surface area contributed by atoms with Crippen LogP contribution in [0, 0.1) is 18.3 Å². The average molecular weight is 284 g/mol. The van der Waals surface area contributed by atoms with Crippen molar-refractivity contribution < 1.29 is 4.74 Å². The molecule has 0 aliphatic rings. The van der Waals surface area contributed by atoms with E-state index in [1.165, 1.54) is 11.3 Å². The number of rotatable bonds is 4. The van der Waals surface area contributed by atoms with Crippen LogP contribution in [0.3, 0.4) is 0 Å². The highest BCUT2D eigenvalue weighted by atomic mass is 32.1. The molecule has 0 spiro atoms. The SMILES string of the molecule is Cc1csc(/C(C#N)=C\c2cccc(OC(C)C)c2)n1. The molecule has 3 nitrogen and oxygen atoms in total. The summed E-state index contributed by atoms with van der Waals surface area (Å²) in [5, 5.41) is 12.0. The lowest BCUT2D eigenvalue weighted by molar-refractivity contribution is 0.242. The molecule has 0 unspecified atom stereocenters. The summed E-state index contributed by atoms with van der Waals surface area (Å²) in [5.74, 6) is 0.807. The quantitative estimate of drug-likeness (QED) is 0.786. The summed E-state index contributed by atoms with van der Waals surface area (Å²) in [6.45, 7) is 5.90. The summed E-state index contributed by atoms with van der Waals surface area (Å²) in [6, 6.07) is 9.92. The predicted molar refractivity (Wildman–Crippen MR) is 82.5 cm³/mol. The van der Waals surface area contributed by atoms with Gasteiger partial charge in [-0.2, -0.15) is 5.26 Å². The molecule has 0 fully saturated rings. The van der Waals surface area contributed by atoms with E-state index in [-0.39, 0.29) is 6.10 Å². The highest BCUT2D eigenvalue weighted by molar-refractivity contribution is 7.11. The van der Waals surface area contributed by atoms with Crippen molar-refractivity contribution in [1.82, 2.24) is 4.98 Å². The molecule has 0 amide bonds. The molecule has 1 heterocycles. The van der Waals surface area contributed by atoms with E-state index in [0.29, 0.717) is 5.57 Å². The van der Waals surface area contributed by atoms with Crippen LogP contribution in [0.15, 0.2) is 29.6 Å². The Morgan fingerprint density at radius 1 is 1.45 bits per heavy atom. The molecule has 0 saturated carbocycles. The van der Waals surface area contributed by atoms with E-state index in [2.05, 4.69) is 11.1 Å². The number of aromatic nitrogens is 1. The van der Waals surface area contributed by atoms with Gasteiger partial charge in [-0.15, -0.1) is 11.3 Å². The van der Waals surface area contributed by atoms with Gasteiger partial charge in [0, 0.05) is 11.1 Å². The van der Waals surface area contributed by atoms with Gasteiger partial charge in [0.15, 0.2) is 0 Å². The van der Waals surface area contributed by atoms with Crippen molar-refractivity contribution >= 4 is 23.0 Å². The van der Waals surface area contributed by atoms with Crippen LogP contribution in [0.25, 0.3) is 11.6 Å². The normalized spacial score (nSPS) is 11.4. The average Bonchev–Trinajstić information content (AvgIpc) is 2.82. The van der Waals surface area contributed by atoms with Gasteiger partial charge in [-0.3, -0.25) is 0 Å². The highest BCUT2D eigenvalue weighted by Crippen LogP contribution is 2.23. The second-order valence-corrected chi connectivity index (χ2v) is 5.56. The first-order valence-corrected chi connectivity index (χ1v) is 7.27. The van der Waals surface area contributed by atoms with E-state index in [1.807, 2.05) is 56.5 Å². The van der Waals surface area contributed by atoms with Gasteiger partial charge in [0.2, 0.25) is 0 Å². The first-order valence-electron chi connectivity index (χ1n) is 6.39. The van der Waals surface area contributed by atoms with Crippen molar-refractivity contribution in [3.05, 3.63) is 45.9 Å². The zero-order valence-electron chi connectivity index (χ0n) is 11.8. The van der Waals surface area contributed by atoms with Crippen molar-refractivity contribution in [1.29, 1.82) is 5.26 Å². The molecule has 1 aromatic carbocycles. The van der Waals surface area contributed by atoms with E-state index in [9.17, 15) is 5.26 Å². The molecule has 0 bridgehead atoms.